The third-order valence-electron chi connectivity index (χ3n) is 4.05. The van der Waals surface area contributed by atoms with Gasteiger partial charge in [0.25, 0.3) is 0 Å². The number of hydrazine groups is 1. The van der Waals surface area contributed by atoms with Crippen LogP contribution in [0.5, 0.6) is 11.5 Å². The van der Waals surface area contributed by atoms with Gasteiger partial charge in [0.2, 0.25) is 0 Å². The molecule has 1 heterocycles. The molecule has 0 aromatic heterocycles. The van der Waals surface area contributed by atoms with Gasteiger partial charge in [-0.1, -0.05) is 12.1 Å². The Hall–Kier alpha value is -1.30. The van der Waals surface area contributed by atoms with E-state index in [0.717, 1.165) is 42.9 Å². The van der Waals surface area contributed by atoms with E-state index in [4.69, 9.17) is 20.1 Å². The molecule has 1 aliphatic heterocycles. The maximum Gasteiger partial charge on any atom is 0.165 e. The Morgan fingerprint density at radius 2 is 2.24 bits per heavy atom. The van der Waals surface area contributed by atoms with Gasteiger partial charge in [-0.2, -0.15) is 0 Å². The lowest BCUT2D eigenvalue weighted by Crippen LogP contribution is -2.28. The van der Waals surface area contributed by atoms with E-state index in [1.807, 2.05) is 18.2 Å². The van der Waals surface area contributed by atoms with Gasteiger partial charge < -0.3 is 14.2 Å². The lowest BCUT2D eigenvalue weighted by Gasteiger charge is -2.21. The Kier molecular flexibility index (Phi) is 6.29. The van der Waals surface area contributed by atoms with Gasteiger partial charge in [-0.3, -0.25) is 11.3 Å². The van der Waals surface area contributed by atoms with Crippen molar-refractivity contribution in [2.24, 2.45) is 5.84 Å². The van der Waals surface area contributed by atoms with Gasteiger partial charge in [0.1, 0.15) is 0 Å². The Labute approximate surface area is 126 Å². The van der Waals surface area contributed by atoms with Crippen LogP contribution in [-0.2, 0) is 4.74 Å². The summed E-state index contributed by atoms with van der Waals surface area (Å²) in [5.41, 5.74) is 3.93. The average Bonchev–Trinajstić information content (AvgIpc) is 3.04. The second-order valence-electron chi connectivity index (χ2n) is 5.37. The van der Waals surface area contributed by atoms with E-state index < -0.39 is 0 Å². The predicted molar refractivity (Wildman–Crippen MR) is 82.4 cm³/mol. The third-order valence-corrected chi connectivity index (χ3v) is 4.05. The van der Waals surface area contributed by atoms with E-state index in [2.05, 4.69) is 5.43 Å². The van der Waals surface area contributed by atoms with Crippen LogP contribution in [0.15, 0.2) is 18.2 Å². The summed E-state index contributed by atoms with van der Waals surface area (Å²) in [7, 11) is 3.30. The maximum atomic E-state index is 5.74. The van der Waals surface area contributed by atoms with Crippen molar-refractivity contribution in [3.05, 3.63) is 23.8 Å². The summed E-state index contributed by atoms with van der Waals surface area (Å²) >= 11 is 0. The van der Waals surface area contributed by atoms with Crippen LogP contribution in [0.3, 0.4) is 0 Å². The maximum absolute atomic E-state index is 5.74. The molecule has 0 saturated carbocycles. The molecule has 5 heteroatoms. The van der Waals surface area contributed by atoms with Crippen LogP contribution >= 0.6 is 0 Å². The molecule has 1 fully saturated rings. The molecule has 118 valence electrons. The molecule has 1 aromatic rings. The van der Waals surface area contributed by atoms with Gasteiger partial charge in [0.05, 0.1) is 20.3 Å². The molecule has 0 aliphatic carbocycles. The largest absolute Gasteiger partial charge is 0.493 e. The normalized spacial score (nSPS) is 19.5. The first kappa shape index (κ1) is 16.1. The SMILES string of the molecule is COc1cccc(C(CCCC2CCCO2)NN)c1OC. The molecule has 3 N–H and O–H groups in total. The van der Waals surface area contributed by atoms with Crippen LogP contribution in [0.2, 0.25) is 0 Å². The molecule has 2 rings (SSSR count). The molecular formula is C16H26N2O3. The van der Waals surface area contributed by atoms with Crippen molar-refractivity contribution in [3.8, 4) is 11.5 Å². The van der Waals surface area contributed by atoms with Gasteiger partial charge in [-0.25, -0.2) is 0 Å². The smallest absolute Gasteiger partial charge is 0.165 e. The minimum atomic E-state index is 0.0523. The summed E-state index contributed by atoms with van der Waals surface area (Å²) in [6.45, 7) is 0.910. The van der Waals surface area contributed by atoms with Crippen LogP contribution in [0.25, 0.3) is 0 Å². The number of nitrogens with one attached hydrogen (secondary N) is 1. The van der Waals surface area contributed by atoms with E-state index in [-0.39, 0.29) is 6.04 Å². The average molecular weight is 294 g/mol. The van der Waals surface area contributed by atoms with Crippen molar-refractivity contribution in [3.63, 3.8) is 0 Å². The second-order valence-corrected chi connectivity index (χ2v) is 5.37. The summed E-state index contributed by atoms with van der Waals surface area (Å²) in [5.74, 6) is 7.22. The fourth-order valence-electron chi connectivity index (χ4n) is 2.94. The van der Waals surface area contributed by atoms with E-state index in [9.17, 15) is 0 Å². The second kappa shape index (κ2) is 8.22. The van der Waals surface area contributed by atoms with E-state index in [0.29, 0.717) is 6.10 Å². The molecule has 1 aliphatic rings. The number of rotatable bonds is 8. The minimum Gasteiger partial charge on any atom is -0.493 e. The molecule has 0 bridgehead atoms. The van der Waals surface area contributed by atoms with Crippen molar-refractivity contribution in [2.75, 3.05) is 20.8 Å². The molecule has 5 nitrogen and oxygen atoms in total. The van der Waals surface area contributed by atoms with Crippen LogP contribution in [0, 0.1) is 0 Å². The zero-order valence-corrected chi connectivity index (χ0v) is 12.9. The highest BCUT2D eigenvalue weighted by atomic mass is 16.5. The van der Waals surface area contributed by atoms with Crippen molar-refractivity contribution in [2.45, 2.75) is 44.2 Å². The summed E-state index contributed by atoms with van der Waals surface area (Å²) in [4.78, 5) is 0. The van der Waals surface area contributed by atoms with Crippen LogP contribution < -0.4 is 20.7 Å². The highest BCUT2D eigenvalue weighted by molar-refractivity contribution is 5.48. The van der Waals surface area contributed by atoms with E-state index >= 15 is 0 Å². The van der Waals surface area contributed by atoms with Gasteiger partial charge in [-0.05, 0) is 38.2 Å². The van der Waals surface area contributed by atoms with Crippen LogP contribution in [0.4, 0.5) is 0 Å². The fraction of sp³-hybridized carbons (Fsp3) is 0.625. The molecule has 1 saturated heterocycles. The lowest BCUT2D eigenvalue weighted by atomic mass is 9.98. The van der Waals surface area contributed by atoms with Gasteiger partial charge in [-0.15, -0.1) is 0 Å². The van der Waals surface area contributed by atoms with Crippen LogP contribution in [-0.4, -0.2) is 26.9 Å². The highest BCUT2D eigenvalue weighted by Gasteiger charge is 2.20. The number of benzene rings is 1. The number of para-hydroxylation sites is 1. The number of nitrogens with two attached hydrogens (primary N) is 1. The van der Waals surface area contributed by atoms with Crippen molar-refractivity contribution < 1.29 is 14.2 Å². The Bertz CT molecular complexity index is 434. The highest BCUT2D eigenvalue weighted by Crippen LogP contribution is 2.36. The van der Waals surface area contributed by atoms with Gasteiger partial charge in [0, 0.05) is 18.2 Å². The molecule has 0 radical (unpaired) electrons. The standard InChI is InChI=1S/C16H26N2O3/c1-19-15-10-4-8-13(16(15)20-2)14(18-17)9-3-6-12-7-5-11-21-12/h4,8,10,12,14,18H,3,5-7,9,11,17H2,1-2H3. The van der Waals surface area contributed by atoms with Gasteiger partial charge in [0.15, 0.2) is 11.5 Å². The fourth-order valence-corrected chi connectivity index (χ4v) is 2.94. The van der Waals surface area contributed by atoms with Crippen molar-refractivity contribution in [1.82, 2.24) is 5.43 Å². The Morgan fingerprint density at radius 3 is 2.86 bits per heavy atom. The number of hydrogen-bond acceptors (Lipinski definition) is 5. The quantitative estimate of drug-likeness (QED) is 0.570. The predicted octanol–water partition coefficient (Wildman–Crippen LogP) is 2.56. The third kappa shape index (κ3) is 4.09. The Morgan fingerprint density at radius 1 is 1.38 bits per heavy atom. The van der Waals surface area contributed by atoms with Crippen molar-refractivity contribution in [1.29, 1.82) is 0 Å². The molecule has 2 unspecified atom stereocenters. The van der Waals surface area contributed by atoms with E-state index in [1.54, 1.807) is 14.2 Å². The minimum absolute atomic E-state index is 0.0523. The van der Waals surface area contributed by atoms with Gasteiger partial charge >= 0.3 is 0 Å². The molecule has 21 heavy (non-hydrogen) atoms. The zero-order valence-electron chi connectivity index (χ0n) is 12.9. The summed E-state index contributed by atoms with van der Waals surface area (Å²) < 4.78 is 16.5. The summed E-state index contributed by atoms with van der Waals surface area (Å²) in [5, 5.41) is 0. The number of methoxy groups -OCH3 is 2. The Balaban J connectivity index is 1.99. The first-order valence-electron chi connectivity index (χ1n) is 7.58. The molecular weight excluding hydrogens is 268 g/mol. The number of hydrogen-bond donors (Lipinski definition) is 2. The topological polar surface area (TPSA) is 65.7 Å². The monoisotopic (exact) mass is 294 g/mol. The summed E-state index contributed by atoms with van der Waals surface area (Å²) in [6.07, 6.45) is 5.90. The number of ether oxygens (including phenoxy) is 3. The first-order valence-corrected chi connectivity index (χ1v) is 7.58. The van der Waals surface area contributed by atoms with Crippen molar-refractivity contribution >= 4 is 0 Å². The molecule has 0 spiro atoms. The molecule has 2 atom stereocenters. The van der Waals surface area contributed by atoms with Crippen LogP contribution in [0.1, 0.15) is 43.7 Å². The summed E-state index contributed by atoms with van der Waals surface area (Å²) in [6, 6.07) is 5.93. The lowest BCUT2D eigenvalue weighted by molar-refractivity contribution is 0.101. The molecule has 1 aromatic carbocycles. The van der Waals surface area contributed by atoms with E-state index in [1.165, 1.54) is 12.8 Å². The molecule has 0 amide bonds. The first-order chi connectivity index (χ1) is 10.3. The zero-order chi connectivity index (χ0) is 15.1.